The minimum atomic E-state index is -4.86. The molecule has 0 aliphatic heterocycles. The lowest BCUT2D eigenvalue weighted by molar-refractivity contribution is -0.274. The summed E-state index contributed by atoms with van der Waals surface area (Å²) in [7, 11) is 1.40. The maximum absolute atomic E-state index is 12.5. The maximum Gasteiger partial charge on any atom is 0.573 e. The minimum Gasteiger partial charge on any atom is -0.493 e. The van der Waals surface area contributed by atoms with Crippen LogP contribution in [0, 0.1) is 6.92 Å². The Morgan fingerprint density at radius 3 is 2.41 bits per heavy atom. The van der Waals surface area contributed by atoms with Crippen molar-refractivity contribution in [3.63, 3.8) is 0 Å². The van der Waals surface area contributed by atoms with Crippen LogP contribution in [0.1, 0.15) is 16.8 Å². The number of hydrogen-bond acceptors (Lipinski definition) is 6. The van der Waals surface area contributed by atoms with Crippen LogP contribution in [0.3, 0.4) is 0 Å². The molecule has 14 heteroatoms. The Morgan fingerprint density at radius 2 is 1.72 bits per heavy atom. The highest BCUT2D eigenvalue weighted by atomic mass is 19.4. The summed E-state index contributed by atoms with van der Waals surface area (Å²) < 4.78 is 94.3. The Labute approximate surface area is 218 Å². The normalized spacial score (nSPS) is 11.5. The highest BCUT2D eigenvalue weighted by molar-refractivity contribution is 5.89. The molecular formula is C25H23F6N3O5. The first-order chi connectivity index (χ1) is 18.3. The molecule has 2 aromatic carbocycles. The van der Waals surface area contributed by atoms with E-state index in [0.717, 1.165) is 12.1 Å². The third-order valence-corrected chi connectivity index (χ3v) is 5.02. The van der Waals surface area contributed by atoms with Crippen LogP contribution < -0.4 is 29.6 Å². The van der Waals surface area contributed by atoms with Crippen LogP contribution in [-0.2, 0) is 13.2 Å². The lowest BCUT2D eigenvalue weighted by atomic mass is 10.2. The number of amides is 2. The Morgan fingerprint density at radius 1 is 0.949 bits per heavy atom. The molecule has 0 unspecified atom stereocenters. The quantitative estimate of drug-likeness (QED) is 0.290. The molecule has 2 amide bonds. The average molecular weight is 559 g/mol. The fourth-order valence-electron chi connectivity index (χ4n) is 3.24. The number of aromatic nitrogens is 1. The van der Waals surface area contributed by atoms with E-state index >= 15 is 0 Å². The summed E-state index contributed by atoms with van der Waals surface area (Å²) in [5, 5.41) is 4.98. The topological polar surface area (TPSA) is 90.9 Å². The SMILES string of the molecule is COc1cc(CNC(=O)Nc2cccc(OC(F)(F)F)c2)ccc1OCc1nccc(OCC(F)(F)F)c1C. The zero-order valence-electron chi connectivity index (χ0n) is 20.6. The third kappa shape index (κ3) is 9.47. The van der Waals surface area contributed by atoms with Crippen LogP contribution in [0.2, 0.25) is 0 Å². The second kappa shape index (κ2) is 12.5. The number of alkyl halides is 6. The predicted molar refractivity (Wildman–Crippen MR) is 127 cm³/mol. The van der Waals surface area contributed by atoms with Gasteiger partial charge in [-0.05, 0) is 42.8 Å². The van der Waals surface area contributed by atoms with Crippen molar-refractivity contribution in [2.24, 2.45) is 0 Å². The van der Waals surface area contributed by atoms with E-state index in [0.29, 0.717) is 28.3 Å². The molecule has 8 nitrogen and oxygen atoms in total. The summed E-state index contributed by atoms with van der Waals surface area (Å²) in [6.07, 6.45) is -8.03. The monoisotopic (exact) mass is 559 g/mol. The zero-order valence-corrected chi connectivity index (χ0v) is 20.6. The molecule has 0 fully saturated rings. The number of halogens is 6. The van der Waals surface area contributed by atoms with Gasteiger partial charge in [-0.3, -0.25) is 4.98 Å². The van der Waals surface area contributed by atoms with E-state index in [2.05, 4.69) is 20.4 Å². The van der Waals surface area contributed by atoms with Crippen molar-refractivity contribution in [3.8, 4) is 23.0 Å². The molecule has 0 atom stereocenters. The van der Waals surface area contributed by atoms with Crippen molar-refractivity contribution in [2.45, 2.75) is 32.6 Å². The molecular weight excluding hydrogens is 536 g/mol. The maximum atomic E-state index is 12.5. The van der Waals surface area contributed by atoms with E-state index < -0.39 is 30.9 Å². The molecule has 0 bridgehead atoms. The smallest absolute Gasteiger partial charge is 0.493 e. The van der Waals surface area contributed by atoms with Crippen molar-refractivity contribution in [3.05, 3.63) is 71.5 Å². The number of hydrogen-bond donors (Lipinski definition) is 2. The van der Waals surface area contributed by atoms with Crippen molar-refractivity contribution in [1.82, 2.24) is 10.3 Å². The second-order valence-corrected chi connectivity index (χ2v) is 7.94. The van der Waals surface area contributed by atoms with E-state index in [9.17, 15) is 31.1 Å². The molecule has 1 heterocycles. The number of pyridine rings is 1. The van der Waals surface area contributed by atoms with Gasteiger partial charge < -0.3 is 29.6 Å². The van der Waals surface area contributed by atoms with E-state index in [4.69, 9.17) is 14.2 Å². The van der Waals surface area contributed by atoms with Crippen LogP contribution >= 0.6 is 0 Å². The molecule has 0 aliphatic carbocycles. The Balaban J connectivity index is 1.57. The van der Waals surface area contributed by atoms with Crippen LogP contribution in [0.5, 0.6) is 23.0 Å². The molecule has 0 radical (unpaired) electrons. The van der Waals surface area contributed by atoms with E-state index in [1.807, 2.05) is 0 Å². The molecule has 3 aromatic rings. The average Bonchev–Trinajstić information content (AvgIpc) is 2.85. The van der Waals surface area contributed by atoms with Gasteiger partial charge in [0, 0.05) is 30.1 Å². The number of methoxy groups -OCH3 is 1. The Kier molecular flexibility index (Phi) is 9.33. The lowest BCUT2D eigenvalue weighted by Gasteiger charge is -2.15. The van der Waals surface area contributed by atoms with Crippen LogP contribution in [0.25, 0.3) is 0 Å². The standard InChI is InChI=1S/C25H23F6N3O5/c1-15-19(32-9-8-20(15)38-14-24(26,27)28)13-37-21-7-6-16(10-22(21)36-2)12-33-23(35)34-17-4-3-5-18(11-17)39-25(29,30)31/h3-11H,12-14H2,1-2H3,(H2,33,34,35). The van der Waals surface area contributed by atoms with E-state index in [-0.39, 0.29) is 24.6 Å². The fourth-order valence-corrected chi connectivity index (χ4v) is 3.24. The second-order valence-electron chi connectivity index (χ2n) is 7.94. The van der Waals surface area contributed by atoms with Gasteiger partial charge >= 0.3 is 18.6 Å². The lowest BCUT2D eigenvalue weighted by Crippen LogP contribution is -2.28. The van der Waals surface area contributed by atoms with Gasteiger partial charge in [-0.1, -0.05) is 12.1 Å². The highest BCUT2D eigenvalue weighted by Gasteiger charge is 2.31. The van der Waals surface area contributed by atoms with Crippen LogP contribution in [0.4, 0.5) is 36.8 Å². The third-order valence-electron chi connectivity index (χ3n) is 5.02. The van der Waals surface area contributed by atoms with E-state index in [1.165, 1.54) is 31.5 Å². The van der Waals surface area contributed by atoms with Crippen molar-refractivity contribution in [1.29, 1.82) is 0 Å². The molecule has 0 spiro atoms. The van der Waals surface area contributed by atoms with E-state index in [1.54, 1.807) is 25.1 Å². The number of carbonyl (C=O) groups excluding carboxylic acids is 1. The summed E-state index contributed by atoms with van der Waals surface area (Å²) in [5.74, 6) is 0.183. The van der Waals surface area contributed by atoms with Gasteiger partial charge in [-0.2, -0.15) is 13.2 Å². The number of nitrogens with zero attached hydrogens (tertiary/aromatic N) is 1. The molecule has 1 aromatic heterocycles. The number of anilines is 1. The zero-order chi connectivity index (χ0) is 28.6. The summed E-state index contributed by atoms with van der Waals surface area (Å²) in [5.41, 5.74) is 1.46. The number of ether oxygens (including phenoxy) is 4. The molecule has 39 heavy (non-hydrogen) atoms. The first kappa shape index (κ1) is 29.2. The van der Waals surface area contributed by atoms with Gasteiger partial charge in [0.1, 0.15) is 18.1 Å². The number of rotatable bonds is 10. The molecule has 210 valence electrons. The number of benzene rings is 2. The highest BCUT2D eigenvalue weighted by Crippen LogP contribution is 2.30. The molecule has 2 N–H and O–H groups in total. The van der Waals surface area contributed by atoms with Gasteiger partial charge in [0.25, 0.3) is 0 Å². The fraction of sp³-hybridized carbons (Fsp3) is 0.280. The predicted octanol–water partition coefficient (Wildman–Crippen LogP) is 6.14. The molecule has 0 aliphatic rings. The van der Waals surface area contributed by atoms with Gasteiger partial charge in [0.05, 0.1) is 12.8 Å². The van der Waals surface area contributed by atoms with Crippen LogP contribution in [-0.4, -0.2) is 37.3 Å². The van der Waals surface area contributed by atoms with Gasteiger partial charge in [0.15, 0.2) is 18.1 Å². The molecule has 0 saturated carbocycles. The van der Waals surface area contributed by atoms with Crippen molar-refractivity contribution >= 4 is 11.7 Å². The number of urea groups is 1. The first-order valence-electron chi connectivity index (χ1n) is 11.2. The largest absolute Gasteiger partial charge is 0.573 e. The Hall–Kier alpha value is -4.36. The van der Waals surface area contributed by atoms with Crippen molar-refractivity contribution < 1.29 is 50.1 Å². The summed E-state index contributed by atoms with van der Waals surface area (Å²) in [6.45, 7) is 0.0927. The summed E-state index contributed by atoms with van der Waals surface area (Å²) >= 11 is 0. The number of carbonyl (C=O) groups is 1. The van der Waals surface area contributed by atoms with Gasteiger partial charge in [0.2, 0.25) is 0 Å². The number of nitrogens with one attached hydrogen (secondary N) is 2. The molecule has 3 rings (SSSR count). The first-order valence-corrected chi connectivity index (χ1v) is 11.2. The van der Waals surface area contributed by atoms with Crippen molar-refractivity contribution in [2.75, 3.05) is 19.0 Å². The summed E-state index contributed by atoms with van der Waals surface area (Å²) in [4.78, 5) is 16.3. The van der Waals surface area contributed by atoms with Gasteiger partial charge in [-0.15, -0.1) is 13.2 Å². The Bertz CT molecular complexity index is 1280. The van der Waals surface area contributed by atoms with Crippen LogP contribution in [0.15, 0.2) is 54.7 Å². The molecule has 0 saturated heterocycles. The summed E-state index contributed by atoms with van der Waals surface area (Å²) in [6, 6.07) is 10.3. The van der Waals surface area contributed by atoms with Gasteiger partial charge in [-0.25, -0.2) is 4.79 Å². The minimum absolute atomic E-state index is 0.0344.